The molecule has 0 aliphatic rings. The van der Waals surface area contributed by atoms with E-state index in [-0.39, 0.29) is 11.7 Å². The number of carbonyl (C=O) groups excluding carboxylic acids is 1. The molecule has 6 rings (SSSR count). The number of ether oxygens (including phenoxy) is 1. The fourth-order valence-electron chi connectivity index (χ4n) is 4.44. The number of hydrogen-bond donors (Lipinski definition) is 1. The van der Waals surface area contributed by atoms with Crippen molar-refractivity contribution in [2.75, 3.05) is 18.2 Å². The Morgan fingerprint density at radius 2 is 1.79 bits per heavy atom. The molecule has 194 valence electrons. The van der Waals surface area contributed by atoms with Crippen LogP contribution in [0.4, 0.5) is 5.69 Å². The monoisotopic (exact) mass is 554 g/mol. The average Bonchev–Trinajstić information content (AvgIpc) is 3.53. The lowest BCUT2D eigenvalue weighted by molar-refractivity contribution is -0.113. The van der Waals surface area contributed by atoms with Crippen molar-refractivity contribution in [2.45, 2.75) is 12.1 Å². The predicted octanol–water partition coefficient (Wildman–Crippen LogP) is 7.53. The van der Waals surface area contributed by atoms with Crippen LogP contribution in [0.5, 0.6) is 5.75 Å². The number of rotatable bonds is 7. The number of aromatic nitrogens is 3. The quantitative estimate of drug-likeness (QED) is 0.205. The molecule has 2 aromatic heterocycles. The highest BCUT2D eigenvalue weighted by Crippen LogP contribution is 2.36. The van der Waals surface area contributed by atoms with Crippen molar-refractivity contribution in [3.63, 3.8) is 0 Å². The maximum atomic E-state index is 13.1. The van der Waals surface area contributed by atoms with E-state index in [2.05, 4.69) is 15.5 Å². The van der Waals surface area contributed by atoms with Crippen LogP contribution in [0.3, 0.4) is 0 Å². The van der Waals surface area contributed by atoms with E-state index in [1.54, 1.807) is 13.2 Å². The minimum absolute atomic E-state index is 0.112. The fourth-order valence-corrected chi connectivity index (χ4v) is 5.38. The van der Waals surface area contributed by atoms with E-state index in [0.29, 0.717) is 33.0 Å². The topological polar surface area (TPSA) is 82.2 Å². The number of aryl methyl sites for hydroxylation is 1. The largest absolute Gasteiger partial charge is 0.495 e. The van der Waals surface area contributed by atoms with E-state index in [9.17, 15) is 4.79 Å². The van der Waals surface area contributed by atoms with E-state index < -0.39 is 0 Å². The molecule has 0 aliphatic carbocycles. The summed E-state index contributed by atoms with van der Waals surface area (Å²) in [5.41, 5.74) is 4.84. The Labute approximate surface area is 233 Å². The summed E-state index contributed by atoms with van der Waals surface area (Å²) in [5, 5.41) is 14.9. The van der Waals surface area contributed by atoms with Gasteiger partial charge in [-0.15, -0.1) is 10.2 Å². The van der Waals surface area contributed by atoms with E-state index in [0.717, 1.165) is 33.2 Å². The van der Waals surface area contributed by atoms with Crippen molar-refractivity contribution < 1.29 is 13.9 Å². The normalized spacial score (nSPS) is 11.3. The molecule has 0 fully saturated rings. The third-order valence-electron chi connectivity index (χ3n) is 6.31. The van der Waals surface area contributed by atoms with Crippen molar-refractivity contribution in [2.24, 2.45) is 0 Å². The zero-order valence-corrected chi connectivity index (χ0v) is 22.7. The van der Waals surface area contributed by atoms with Crippen LogP contribution in [-0.4, -0.2) is 33.5 Å². The fraction of sp³-hybridized carbons (Fsp3) is 0.100. The molecule has 1 N–H and O–H groups in total. The summed E-state index contributed by atoms with van der Waals surface area (Å²) >= 11 is 7.55. The first-order valence-corrected chi connectivity index (χ1v) is 13.6. The zero-order chi connectivity index (χ0) is 26.9. The molecule has 0 radical (unpaired) electrons. The molecule has 0 spiro atoms. The Kier molecular flexibility index (Phi) is 6.72. The van der Waals surface area contributed by atoms with Crippen molar-refractivity contribution in [3.8, 4) is 22.8 Å². The molecule has 39 heavy (non-hydrogen) atoms. The van der Waals surface area contributed by atoms with Gasteiger partial charge in [0.25, 0.3) is 0 Å². The number of nitrogens with zero attached hydrogens (tertiary/aromatic N) is 3. The number of anilines is 1. The Morgan fingerprint density at radius 3 is 2.59 bits per heavy atom. The SMILES string of the molecule is COc1cc2c(cc1NC(=O)CSc1nnc(-c3cccc(Cl)c3)n1-c1ccc(C)cc1)oc1ccccc12. The number of fused-ring (bicyclic) bond motifs is 3. The standard InChI is InChI=1S/C30H23ClN4O3S/c1-18-10-12-21(13-11-18)35-29(19-6-5-7-20(31)14-19)33-34-30(35)39-17-28(36)32-24-16-26-23(15-27(24)37-2)22-8-3-4-9-25(22)38-26/h3-16H,17H2,1-2H3,(H,32,36). The van der Waals surface area contributed by atoms with Crippen LogP contribution in [0.15, 0.2) is 94.5 Å². The van der Waals surface area contributed by atoms with Crippen LogP contribution in [0, 0.1) is 6.92 Å². The van der Waals surface area contributed by atoms with E-state index in [1.165, 1.54) is 11.8 Å². The maximum Gasteiger partial charge on any atom is 0.234 e. The number of benzene rings is 4. The highest BCUT2D eigenvalue weighted by Gasteiger charge is 2.19. The lowest BCUT2D eigenvalue weighted by Crippen LogP contribution is -2.15. The van der Waals surface area contributed by atoms with Gasteiger partial charge in [-0.05, 0) is 43.3 Å². The third-order valence-corrected chi connectivity index (χ3v) is 7.48. The van der Waals surface area contributed by atoms with Gasteiger partial charge in [0.15, 0.2) is 11.0 Å². The Hall–Kier alpha value is -4.27. The molecule has 0 atom stereocenters. The maximum absolute atomic E-state index is 13.1. The number of thioether (sulfide) groups is 1. The van der Waals surface area contributed by atoms with Crippen LogP contribution < -0.4 is 10.1 Å². The summed E-state index contributed by atoms with van der Waals surface area (Å²) in [6.07, 6.45) is 0. The van der Waals surface area contributed by atoms with Crippen molar-refractivity contribution >= 4 is 56.9 Å². The summed E-state index contributed by atoms with van der Waals surface area (Å²) in [6.45, 7) is 2.03. The zero-order valence-electron chi connectivity index (χ0n) is 21.1. The van der Waals surface area contributed by atoms with E-state index >= 15 is 0 Å². The van der Waals surface area contributed by atoms with Gasteiger partial charge in [0.1, 0.15) is 16.9 Å². The van der Waals surface area contributed by atoms with E-state index in [4.69, 9.17) is 20.8 Å². The number of methoxy groups -OCH3 is 1. The van der Waals surface area contributed by atoms with Crippen LogP contribution in [-0.2, 0) is 4.79 Å². The van der Waals surface area contributed by atoms with Gasteiger partial charge in [0, 0.05) is 33.1 Å². The summed E-state index contributed by atoms with van der Waals surface area (Å²) in [7, 11) is 1.58. The third kappa shape index (κ3) is 4.96. The van der Waals surface area contributed by atoms with Gasteiger partial charge < -0.3 is 14.5 Å². The lowest BCUT2D eigenvalue weighted by Gasteiger charge is -2.12. The second-order valence-electron chi connectivity index (χ2n) is 8.97. The Morgan fingerprint density at radius 1 is 0.974 bits per heavy atom. The molecule has 2 heterocycles. The predicted molar refractivity (Wildman–Crippen MR) is 156 cm³/mol. The summed E-state index contributed by atoms with van der Waals surface area (Å²) < 4.78 is 13.5. The van der Waals surface area contributed by atoms with Gasteiger partial charge in [0.05, 0.1) is 18.6 Å². The first-order valence-electron chi connectivity index (χ1n) is 12.2. The molecular formula is C30H23ClN4O3S. The molecule has 6 aromatic rings. The van der Waals surface area contributed by atoms with Crippen LogP contribution in [0.1, 0.15) is 5.56 Å². The van der Waals surface area contributed by atoms with Crippen molar-refractivity contribution in [1.29, 1.82) is 0 Å². The smallest absolute Gasteiger partial charge is 0.234 e. The Balaban J connectivity index is 1.27. The molecule has 0 unspecified atom stereocenters. The van der Waals surface area contributed by atoms with Crippen LogP contribution in [0.25, 0.3) is 39.0 Å². The minimum Gasteiger partial charge on any atom is -0.495 e. The van der Waals surface area contributed by atoms with Crippen LogP contribution in [0.2, 0.25) is 5.02 Å². The van der Waals surface area contributed by atoms with Gasteiger partial charge in [0.2, 0.25) is 5.91 Å². The number of halogens is 1. The summed E-state index contributed by atoms with van der Waals surface area (Å²) in [6, 6.07) is 27.0. The van der Waals surface area contributed by atoms with Gasteiger partial charge in [-0.25, -0.2) is 0 Å². The van der Waals surface area contributed by atoms with Crippen LogP contribution >= 0.6 is 23.4 Å². The number of nitrogens with one attached hydrogen (secondary N) is 1. The molecule has 0 saturated carbocycles. The number of carbonyl (C=O) groups is 1. The molecule has 0 saturated heterocycles. The number of amides is 1. The van der Waals surface area contributed by atoms with Crippen molar-refractivity contribution in [1.82, 2.24) is 14.8 Å². The minimum atomic E-state index is -0.212. The van der Waals surface area contributed by atoms with Gasteiger partial charge in [-0.3, -0.25) is 9.36 Å². The molecular weight excluding hydrogens is 532 g/mol. The number of hydrogen-bond acceptors (Lipinski definition) is 6. The summed E-state index contributed by atoms with van der Waals surface area (Å²) in [4.78, 5) is 13.1. The first-order chi connectivity index (χ1) is 19.0. The molecule has 4 aromatic carbocycles. The first kappa shape index (κ1) is 25.0. The molecule has 1 amide bonds. The second kappa shape index (κ2) is 10.5. The van der Waals surface area contributed by atoms with E-state index in [1.807, 2.05) is 90.4 Å². The number of para-hydroxylation sites is 1. The van der Waals surface area contributed by atoms with Gasteiger partial charge in [-0.2, -0.15) is 0 Å². The lowest BCUT2D eigenvalue weighted by atomic mass is 10.1. The number of furan rings is 1. The molecule has 0 aliphatic heterocycles. The highest BCUT2D eigenvalue weighted by atomic mass is 35.5. The second-order valence-corrected chi connectivity index (χ2v) is 10.4. The molecule has 9 heteroatoms. The molecule has 0 bridgehead atoms. The van der Waals surface area contributed by atoms with Gasteiger partial charge >= 0.3 is 0 Å². The molecule has 7 nitrogen and oxygen atoms in total. The van der Waals surface area contributed by atoms with Gasteiger partial charge in [-0.1, -0.05) is 71.4 Å². The van der Waals surface area contributed by atoms with Crippen molar-refractivity contribution in [3.05, 3.63) is 95.5 Å². The Bertz CT molecular complexity index is 1830. The summed E-state index contributed by atoms with van der Waals surface area (Å²) in [5.74, 6) is 1.09. The highest BCUT2D eigenvalue weighted by molar-refractivity contribution is 7.99. The average molecular weight is 555 g/mol.